The lowest BCUT2D eigenvalue weighted by molar-refractivity contribution is -0.470. The van der Waals surface area contributed by atoms with E-state index in [1.165, 1.54) is 11.8 Å². The monoisotopic (exact) mass is 337 g/mol. The Kier molecular flexibility index (Phi) is 3.24. The van der Waals surface area contributed by atoms with Crippen LogP contribution in [0.25, 0.3) is 0 Å². The molecule has 0 aliphatic carbocycles. The van der Waals surface area contributed by atoms with Crippen molar-refractivity contribution >= 4 is 55.7 Å². The van der Waals surface area contributed by atoms with Crippen LogP contribution in [-0.2, 0) is 9.84 Å². The Balaban J connectivity index is 2.06. The molecule has 3 rings (SSSR count). The van der Waals surface area contributed by atoms with E-state index in [9.17, 15) is 8.42 Å². The molecular formula is C11H11Cl2N2O2S2+. The van der Waals surface area contributed by atoms with Crippen molar-refractivity contribution in [2.75, 3.05) is 11.5 Å². The van der Waals surface area contributed by atoms with Crippen LogP contribution in [0.3, 0.4) is 0 Å². The van der Waals surface area contributed by atoms with Crippen LogP contribution in [-0.4, -0.2) is 41.0 Å². The van der Waals surface area contributed by atoms with Gasteiger partial charge in [-0.2, -0.15) is 0 Å². The van der Waals surface area contributed by atoms with Gasteiger partial charge in [-0.15, -0.1) is 0 Å². The van der Waals surface area contributed by atoms with Crippen molar-refractivity contribution in [3.05, 3.63) is 28.2 Å². The molecule has 2 heterocycles. The molecule has 0 saturated carbocycles. The summed E-state index contributed by atoms with van der Waals surface area (Å²) >= 11 is 13.4. The van der Waals surface area contributed by atoms with Crippen molar-refractivity contribution in [2.45, 2.75) is 11.3 Å². The molecule has 0 aromatic heterocycles. The Labute approximate surface area is 125 Å². The topological polar surface area (TPSA) is 63.2 Å². The number of nitrogens with zero attached hydrogens (tertiary/aromatic N) is 1. The van der Waals surface area contributed by atoms with Crippen molar-refractivity contribution in [3.8, 4) is 0 Å². The van der Waals surface area contributed by atoms with Gasteiger partial charge in [0.05, 0.1) is 16.8 Å². The van der Waals surface area contributed by atoms with E-state index in [-0.39, 0.29) is 22.8 Å². The van der Waals surface area contributed by atoms with E-state index in [1.807, 2.05) is 4.58 Å². The minimum Gasteiger partial charge on any atom is -0.281 e. The second-order valence-electron chi connectivity index (χ2n) is 4.64. The Hall–Kier alpha value is -0.430. The number of hydrogen-bond donors (Lipinski definition) is 1. The molecule has 1 aromatic rings. The molecule has 2 aliphatic heterocycles. The van der Waals surface area contributed by atoms with Crippen LogP contribution in [0, 0.1) is 0 Å². The highest BCUT2D eigenvalue weighted by Gasteiger charge is 2.49. The van der Waals surface area contributed by atoms with E-state index in [4.69, 9.17) is 28.9 Å². The molecule has 19 heavy (non-hydrogen) atoms. The smallest absolute Gasteiger partial charge is 0.281 e. The van der Waals surface area contributed by atoms with E-state index < -0.39 is 9.84 Å². The van der Waals surface area contributed by atoms with Gasteiger partial charge < -0.3 is 0 Å². The van der Waals surface area contributed by atoms with E-state index in [0.717, 1.165) is 5.69 Å². The van der Waals surface area contributed by atoms with Gasteiger partial charge in [0.2, 0.25) is 0 Å². The first-order valence-electron chi connectivity index (χ1n) is 5.60. The first kappa shape index (κ1) is 13.5. The number of amidine groups is 1. The number of halogens is 2. The maximum Gasteiger partial charge on any atom is 0.310 e. The Morgan fingerprint density at radius 3 is 2.47 bits per heavy atom. The van der Waals surface area contributed by atoms with Crippen LogP contribution in [0.1, 0.15) is 0 Å². The summed E-state index contributed by atoms with van der Waals surface area (Å²) in [5, 5.41) is 1.60. The number of sulfone groups is 1. The zero-order chi connectivity index (χ0) is 13.8. The summed E-state index contributed by atoms with van der Waals surface area (Å²) in [7, 11) is -2.99. The molecule has 2 atom stereocenters. The highest BCUT2D eigenvalue weighted by molar-refractivity contribution is 8.15. The summed E-state index contributed by atoms with van der Waals surface area (Å²) in [6.45, 7) is 0. The van der Waals surface area contributed by atoms with Gasteiger partial charge in [-0.05, 0) is 17.8 Å². The van der Waals surface area contributed by atoms with Crippen molar-refractivity contribution in [1.82, 2.24) is 0 Å². The van der Waals surface area contributed by atoms with E-state index in [2.05, 4.69) is 0 Å². The third kappa shape index (κ3) is 2.46. The van der Waals surface area contributed by atoms with Gasteiger partial charge in [0, 0.05) is 22.2 Å². The third-order valence-electron chi connectivity index (χ3n) is 3.24. The lowest BCUT2D eigenvalue weighted by Gasteiger charge is -2.11. The Morgan fingerprint density at radius 2 is 1.84 bits per heavy atom. The van der Waals surface area contributed by atoms with Crippen molar-refractivity contribution in [2.24, 2.45) is 5.73 Å². The van der Waals surface area contributed by atoms with Gasteiger partial charge in [-0.1, -0.05) is 23.2 Å². The SMILES string of the molecule is NC1=[N+](c2cc(Cl)cc(Cl)c2)C2CS(=O)(=O)CC2S1. The largest absolute Gasteiger partial charge is 0.310 e. The normalized spacial score (nSPS) is 28.7. The molecule has 8 heteroatoms. The fraction of sp³-hybridized carbons (Fsp3) is 0.364. The molecule has 2 aliphatic rings. The first-order valence-corrected chi connectivity index (χ1v) is 9.06. The van der Waals surface area contributed by atoms with Crippen LogP contribution >= 0.6 is 35.0 Å². The molecule has 0 radical (unpaired) electrons. The van der Waals surface area contributed by atoms with Gasteiger partial charge in [0.15, 0.2) is 9.84 Å². The zero-order valence-electron chi connectivity index (χ0n) is 9.71. The van der Waals surface area contributed by atoms with E-state index in [1.54, 1.807) is 18.2 Å². The molecule has 4 nitrogen and oxygen atoms in total. The van der Waals surface area contributed by atoms with Crippen molar-refractivity contribution in [1.29, 1.82) is 0 Å². The quantitative estimate of drug-likeness (QED) is 0.794. The van der Waals surface area contributed by atoms with Crippen LogP contribution in [0.2, 0.25) is 10.0 Å². The highest BCUT2D eigenvalue weighted by atomic mass is 35.5. The van der Waals surface area contributed by atoms with Crippen molar-refractivity contribution in [3.63, 3.8) is 0 Å². The summed E-state index contributed by atoms with van der Waals surface area (Å²) in [5.74, 6) is 0.295. The van der Waals surface area contributed by atoms with Crippen LogP contribution in [0.4, 0.5) is 5.69 Å². The predicted molar refractivity (Wildman–Crippen MR) is 79.4 cm³/mol. The van der Waals surface area contributed by atoms with Gasteiger partial charge in [-0.25, -0.2) is 13.0 Å². The molecule has 1 aromatic carbocycles. The first-order chi connectivity index (χ1) is 8.85. The molecule has 2 unspecified atom stereocenters. The Morgan fingerprint density at radius 1 is 1.21 bits per heavy atom. The second kappa shape index (κ2) is 4.55. The lowest BCUT2D eigenvalue weighted by atomic mass is 10.2. The van der Waals surface area contributed by atoms with Crippen LogP contribution in [0.15, 0.2) is 18.2 Å². The summed E-state index contributed by atoms with van der Waals surface area (Å²) in [4.78, 5) is 0. The number of benzene rings is 1. The minimum absolute atomic E-state index is 0.0113. The number of nitrogens with two attached hydrogens (primary N) is 1. The van der Waals surface area contributed by atoms with E-state index >= 15 is 0 Å². The van der Waals surface area contributed by atoms with Crippen LogP contribution < -0.4 is 5.73 Å². The Bertz CT molecular complexity index is 668. The molecule has 102 valence electrons. The summed E-state index contributed by atoms with van der Waals surface area (Å²) in [6, 6.07) is 4.99. The predicted octanol–water partition coefficient (Wildman–Crippen LogP) is 1.86. The second-order valence-corrected chi connectivity index (χ2v) is 8.92. The number of fused-ring (bicyclic) bond motifs is 1. The average molecular weight is 338 g/mol. The third-order valence-corrected chi connectivity index (χ3v) is 6.82. The van der Waals surface area contributed by atoms with Gasteiger partial charge in [-0.3, -0.25) is 5.73 Å². The van der Waals surface area contributed by atoms with Crippen LogP contribution in [0.5, 0.6) is 0 Å². The maximum atomic E-state index is 11.7. The highest BCUT2D eigenvalue weighted by Crippen LogP contribution is 2.37. The standard InChI is InChI=1S/C11H10Cl2N2O2S2/c12-6-1-7(13)3-8(2-6)15-9-4-19(16,17)5-10(9)18-11(15)14/h1-3,9-10,14H,4-5H2/p+1. The van der Waals surface area contributed by atoms with Gasteiger partial charge in [0.25, 0.3) is 0 Å². The minimum atomic E-state index is -2.99. The average Bonchev–Trinajstić information content (AvgIpc) is 2.66. The summed E-state index contributed by atoms with van der Waals surface area (Å²) in [6.07, 6.45) is 0. The molecule has 2 N–H and O–H groups in total. The summed E-state index contributed by atoms with van der Waals surface area (Å²) in [5.41, 5.74) is 6.76. The molecule has 0 bridgehead atoms. The van der Waals surface area contributed by atoms with Gasteiger partial charge >= 0.3 is 5.17 Å². The fourth-order valence-electron chi connectivity index (χ4n) is 2.52. The number of thioether (sulfide) groups is 1. The van der Waals surface area contributed by atoms with Gasteiger partial charge in [0.1, 0.15) is 11.7 Å². The van der Waals surface area contributed by atoms with E-state index in [0.29, 0.717) is 15.2 Å². The molecule has 0 spiro atoms. The molecule has 1 saturated heterocycles. The maximum absolute atomic E-state index is 11.7. The number of hydrogen-bond acceptors (Lipinski definition) is 4. The lowest BCUT2D eigenvalue weighted by Crippen LogP contribution is -2.29. The molecule has 0 amide bonds. The van der Waals surface area contributed by atoms with Crippen molar-refractivity contribution < 1.29 is 13.0 Å². The number of rotatable bonds is 1. The zero-order valence-corrected chi connectivity index (χ0v) is 12.9. The summed E-state index contributed by atoms with van der Waals surface area (Å²) < 4.78 is 25.3. The molecule has 1 fully saturated rings. The molecular weight excluding hydrogens is 327 g/mol. The fourth-order valence-corrected chi connectivity index (χ4v) is 6.85.